The molecule has 1 N–H and O–H groups in total. The highest BCUT2D eigenvalue weighted by molar-refractivity contribution is 5.91. The molecule has 1 fully saturated rings. The van der Waals surface area contributed by atoms with Gasteiger partial charge in [0.25, 0.3) is 0 Å². The fourth-order valence-corrected chi connectivity index (χ4v) is 3.46. The van der Waals surface area contributed by atoms with Gasteiger partial charge in [-0.1, -0.05) is 59.1 Å². The average molecular weight is 524 g/mol. The number of allylic oxidation sites excluding steroid dienone is 4. The summed E-state index contributed by atoms with van der Waals surface area (Å²) >= 11 is 0. The van der Waals surface area contributed by atoms with Crippen LogP contribution in [0.3, 0.4) is 0 Å². The van der Waals surface area contributed by atoms with Gasteiger partial charge in [-0.25, -0.2) is 4.39 Å². The molecule has 0 spiro atoms. The van der Waals surface area contributed by atoms with Crippen molar-refractivity contribution >= 4 is 17.2 Å². The lowest BCUT2D eigenvalue weighted by molar-refractivity contribution is 0.540. The topological polar surface area (TPSA) is 36.8 Å². The van der Waals surface area contributed by atoms with E-state index < -0.39 is 0 Å². The maximum absolute atomic E-state index is 13.5. The van der Waals surface area contributed by atoms with Gasteiger partial charge in [-0.15, -0.1) is 6.58 Å². The highest BCUT2D eigenvalue weighted by Crippen LogP contribution is 2.26. The van der Waals surface area contributed by atoms with Crippen molar-refractivity contribution in [1.29, 1.82) is 0 Å². The molecule has 1 aromatic rings. The summed E-state index contributed by atoms with van der Waals surface area (Å²) in [4.78, 5) is 9.28. The first-order valence-electron chi connectivity index (χ1n) is 14.3. The van der Waals surface area contributed by atoms with Crippen LogP contribution in [0.15, 0.2) is 76.4 Å². The van der Waals surface area contributed by atoms with Crippen LogP contribution in [-0.4, -0.2) is 17.6 Å². The van der Waals surface area contributed by atoms with Gasteiger partial charge in [-0.3, -0.25) is 9.98 Å². The van der Waals surface area contributed by atoms with E-state index in [1.165, 1.54) is 30.5 Å². The van der Waals surface area contributed by atoms with E-state index in [4.69, 9.17) is 4.99 Å². The normalized spacial score (nSPS) is 14.3. The van der Waals surface area contributed by atoms with Crippen LogP contribution in [-0.2, 0) is 0 Å². The van der Waals surface area contributed by atoms with Gasteiger partial charge < -0.3 is 5.32 Å². The van der Waals surface area contributed by atoms with E-state index in [1.54, 1.807) is 18.3 Å². The van der Waals surface area contributed by atoms with E-state index in [-0.39, 0.29) is 11.9 Å². The van der Waals surface area contributed by atoms with Gasteiger partial charge in [0.05, 0.1) is 17.6 Å². The Hall–Kier alpha value is -2.75. The minimum Gasteiger partial charge on any atom is -0.344 e. The lowest BCUT2D eigenvalue weighted by Crippen LogP contribution is -2.23. The van der Waals surface area contributed by atoms with E-state index >= 15 is 0 Å². The van der Waals surface area contributed by atoms with Crippen LogP contribution in [0.4, 0.5) is 4.39 Å². The second-order valence-corrected chi connectivity index (χ2v) is 10.2. The zero-order valence-corrected chi connectivity index (χ0v) is 25.8. The number of aliphatic imine (C=N–C) groups is 2. The van der Waals surface area contributed by atoms with E-state index in [0.29, 0.717) is 0 Å². The zero-order valence-electron chi connectivity index (χ0n) is 25.8. The molecule has 1 aliphatic rings. The smallest absolute Gasteiger partial charge is 0.123 e. The third kappa shape index (κ3) is 16.9. The van der Waals surface area contributed by atoms with Crippen LogP contribution < -0.4 is 5.32 Å². The van der Waals surface area contributed by atoms with Crippen molar-refractivity contribution in [3.63, 3.8) is 0 Å². The molecular weight excluding hydrogens is 469 g/mol. The standard InChI is InChI=1S/C28H40FN3.C4H8.C2H6/c1-9-11-27(13-10-12-20(2)3)31-24(8)32-28(25-14-16-26(29)17-15-25)23(7)22(6)18-19-30-21(4)5;1-4-2-3-4;1-2/h14-19,27H,2,6,9-13H2,1,3-5,7-8H3,(H,31,32);4H,2-3H2,1H3;1-2H3/b19-18-,28-23+;;. The molecule has 2 rings (SSSR count). The van der Waals surface area contributed by atoms with Gasteiger partial charge in [0.15, 0.2) is 0 Å². The Bertz CT molecular complexity index is 956. The molecule has 1 atom stereocenters. The third-order valence-electron chi connectivity index (χ3n) is 5.91. The number of rotatable bonds is 12. The SMILES string of the molecule is C=C(C)CCCC(CCC)N=C(C)N/C(=C(\C)C(=C)/C=C\N=C(C)C)c1ccc(F)cc1.CC.CC1CC1. The molecular formula is C34H54FN3. The van der Waals surface area contributed by atoms with Crippen molar-refractivity contribution in [2.75, 3.05) is 0 Å². The van der Waals surface area contributed by atoms with Gasteiger partial charge in [0.2, 0.25) is 0 Å². The number of hydrogen-bond acceptors (Lipinski definition) is 2. The summed E-state index contributed by atoms with van der Waals surface area (Å²) < 4.78 is 13.5. The molecule has 4 heteroatoms. The van der Waals surface area contributed by atoms with Crippen molar-refractivity contribution in [1.82, 2.24) is 5.32 Å². The predicted molar refractivity (Wildman–Crippen MR) is 169 cm³/mol. The summed E-state index contributed by atoms with van der Waals surface area (Å²) in [7, 11) is 0. The molecule has 1 unspecified atom stereocenters. The minimum atomic E-state index is -0.261. The van der Waals surface area contributed by atoms with Gasteiger partial charge in [-0.2, -0.15) is 0 Å². The van der Waals surface area contributed by atoms with Gasteiger partial charge in [0, 0.05) is 11.9 Å². The first kappa shape index (κ1) is 35.2. The number of nitrogens with one attached hydrogen (secondary N) is 1. The largest absolute Gasteiger partial charge is 0.344 e. The molecule has 0 aromatic heterocycles. The summed E-state index contributed by atoms with van der Waals surface area (Å²) in [5.41, 5.74) is 5.74. The van der Waals surface area contributed by atoms with Crippen molar-refractivity contribution in [3.05, 3.63) is 77.8 Å². The Labute approximate surface area is 233 Å². The van der Waals surface area contributed by atoms with E-state index in [0.717, 1.165) is 72.0 Å². The highest BCUT2D eigenvalue weighted by atomic mass is 19.1. The van der Waals surface area contributed by atoms with Gasteiger partial charge in [0.1, 0.15) is 5.82 Å². The highest BCUT2D eigenvalue weighted by Gasteiger charge is 2.13. The Kier molecular flexibility index (Phi) is 18.8. The van der Waals surface area contributed by atoms with Gasteiger partial charge in [-0.05, 0) is 113 Å². The lowest BCUT2D eigenvalue weighted by Gasteiger charge is -2.18. The molecule has 38 heavy (non-hydrogen) atoms. The van der Waals surface area contributed by atoms with Crippen molar-refractivity contribution < 1.29 is 4.39 Å². The molecule has 0 saturated heterocycles. The monoisotopic (exact) mass is 523 g/mol. The zero-order chi connectivity index (χ0) is 29.1. The average Bonchev–Trinajstić information content (AvgIpc) is 3.66. The number of benzene rings is 1. The molecule has 1 saturated carbocycles. The molecule has 0 amide bonds. The Morgan fingerprint density at radius 1 is 1.05 bits per heavy atom. The Morgan fingerprint density at radius 3 is 2.11 bits per heavy atom. The summed E-state index contributed by atoms with van der Waals surface area (Å²) in [6, 6.07) is 6.76. The Morgan fingerprint density at radius 2 is 1.63 bits per heavy atom. The fourth-order valence-electron chi connectivity index (χ4n) is 3.46. The number of amidine groups is 1. The molecule has 0 aliphatic heterocycles. The molecule has 0 radical (unpaired) electrons. The number of halogens is 1. The van der Waals surface area contributed by atoms with Crippen LogP contribution in [0, 0.1) is 11.7 Å². The maximum atomic E-state index is 13.5. The first-order chi connectivity index (χ1) is 18.0. The van der Waals surface area contributed by atoms with Crippen LogP contribution in [0.5, 0.6) is 0 Å². The molecule has 0 heterocycles. The Balaban J connectivity index is 0.00000203. The molecule has 212 valence electrons. The predicted octanol–water partition coefficient (Wildman–Crippen LogP) is 10.5. The van der Waals surface area contributed by atoms with Crippen LogP contribution in [0.2, 0.25) is 0 Å². The van der Waals surface area contributed by atoms with Crippen molar-refractivity contribution in [3.8, 4) is 0 Å². The summed E-state index contributed by atoms with van der Waals surface area (Å²) in [5, 5.41) is 3.48. The van der Waals surface area contributed by atoms with Crippen LogP contribution in [0.25, 0.3) is 5.70 Å². The summed E-state index contributed by atoms with van der Waals surface area (Å²) in [6.07, 6.45) is 11.9. The quantitative estimate of drug-likeness (QED) is 0.126. The van der Waals surface area contributed by atoms with Crippen molar-refractivity contribution in [2.24, 2.45) is 15.9 Å². The second-order valence-electron chi connectivity index (χ2n) is 10.2. The van der Waals surface area contributed by atoms with Crippen LogP contribution >= 0.6 is 0 Å². The van der Waals surface area contributed by atoms with E-state index in [1.807, 2.05) is 47.6 Å². The first-order valence-corrected chi connectivity index (χ1v) is 14.3. The minimum absolute atomic E-state index is 0.261. The molecule has 0 bridgehead atoms. The number of hydrogen-bond donors (Lipinski definition) is 1. The molecule has 3 nitrogen and oxygen atoms in total. The van der Waals surface area contributed by atoms with Gasteiger partial charge >= 0.3 is 0 Å². The van der Waals surface area contributed by atoms with Crippen molar-refractivity contribution in [2.45, 2.75) is 113 Å². The van der Waals surface area contributed by atoms with Crippen LogP contribution in [0.1, 0.15) is 113 Å². The summed E-state index contributed by atoms with van der Waals surface area (Å²) in [6.45, 7) is 26.6. The summed E-state index contributed by atoms with van der Waals surface area (Å²) in [5.74, 6) is 1.67. The second kappa shape index (κ2) is 20.2. The third-order valence-corrected chi connectivity index (χ3v) is 5.91. The number of nitrogens with zero attached hydrogens (tertiary/aromatic N) is 2. The maximum Gasteiger partial charge on any atom is 0.123 e. The molecule has 1 aromatic carbocycles. The van der Waals surface area contributed by atoms with E-state index in [9.17, 15) is 4.39 Å². The molecule has 1 aliphatic carbocycles. The lowest BCUT2D eigenvalue weighted by atomic mass is 10.0. The van der Waals surface area contributed by atoms with E-state index in [2.05, 4.69) is 44.2 Å². The fraction of sp³-hybridized carbons (Fsp3) is 0.529.